The molecule has 0 aliphatic heterocycles. The number of aromatic nitrogens is 1. The number of aryl methyl sites for hydroxylation is 1. The Kier molecular flexibility index (Phi) is 6.13. The molecule has 1 N–H and O–H groups in total. The van der Waals surface area contributed by atoms with Crippen molar-refractivity contribution in [2.45, 2.75) is 46.7 Å². The third kappa shape index (κ3) is 4.28. The molecule has 5 heteroatoms. The molecule has 0 fully saturated rings. The van der Waals surface area contributed by atoms with Gasteiger partial charge in [0.2, 0.25) is 0 Å². The Morgan fingerprint density at radius 2 is 1.73 bits per heavy atom. The fraction of sp³-hybridized carbons (Fsp3) is 0.476. The molecule has 5 nitrogen and oxygen atoms in total. The van der Waals surface area contributed by atoms with Gasteiger partial charge in [-0.2, -0.15) is 0 Å². The molecule has 0 atom stereocenters. The number of rotatable bonds is 7. The Morgan fingerprint density at radius 3 is 2.27 bits per heavy atom. The van der Waals surface area contributed by atoms with Gasteiger partial charge in [-0.05, 0) is 58.4 Å². The maximum absolute atomic E-state index is 12.7. The highest BCUT2D eigenvalue weighted by atomic mass is 16.5. The van der Waals surface area contributed by atoms with Gasteiger partial charge in [-0.15, -0.1) is 0 Å². The molecule has 142 valence electrons. The van der Waals surface area contributed by atoms with Crippen molar-refractivity contribution < 1.29 is 14.3 Å². The largest absolute Gasteiger partial charge is 0.493 e. The fourth-order valence-electron chi connectivity index (χ4n) is 3.48. The number of Topliss-reactive ketones (excluding diaryl/α,β-unsaturated/α-hetero) is 1. The molecular formula is C21H30N2O3. The van der Waals surface area contributed by atoms with E-state index in [0.29, 0.717) is 24.6 Å². The number of carbonyl (C=O) groups excluding carboxylic acids is 1. The van der Waals surface area contributed by atoms with E-state index in [0.717, 1.165) is 22.5 Å². The average molecular weight is 358 g/mol. The van der Waals surface area contributed by atoms with Crippen molar-refractivity contribution in [2.24, 2.45) is 0 Å². The zero-order valence-corrected chi connectivity index (χ0v) is 16.9. The van der Waals surface area contributed by atoms with Gasteiger partial charge >= 0.3 is 0 Å². The first kappa shape index (κ1) is 20.0. The SMILES string of the molecule is COc1ccc(CNCC(=O)c2cc(C)n(C(C)(C)C)c2C)cc1OC. The van der Waals surface area contributed by atoms with Gasteiger partial charge < -0.3 is 19.4 Å². The zero-order valence-electron chi connectivity index (χ0n) is 16.9. The Labute approximate surface area is 156 Å². The molecule has 26 heavy (non-hydrogen) atoms. The highest BCUT2D eigenvalue weighted by molar-refractivity contribution is 5.99. The van der Waals surface area contributed by atoms with Gasteiger partial charge in [0.25, 0.3) is 0 Å². The summed E-state index contributed by atoms with van der Waals surface area (Å²) < 4.78 is 12.8. The molecule has 0 amide bonds. The van der Waals surface area contributed by atoms with E-state index < -0.39 is 0 Å². The summed E-state index contributed by atoms with van der Waals surface area (Å²) >= 11 is 0. The Balaban J connectivity index is 2.04. The van der Waals surface area contributed by atoms with Crippen molar-refractivity contribution in [2.75, 3.05) is 20.8 Å². The van der Waals surface area contributed by atoms with Gasteiger partial charge in [0.05, 0.1) is 20.8 Å². The highest BCUT2D eigenvalue weighted by Gasteiger charge is 2.22. The Bertz CT molecular complexity index is 785. The van der Waals surface area contributed by atoms with E-state index in [1.54, 1.807) is 14.2 Å². The monoisotopic (exact) mass is 358 g/mol. The number of methoxy groups -OCH3 is 2. The zero-order chi connectivity index (χ0) is 19.5. The van der Waals surface area contributed by atoms with Crippen molar-refractivity contribution in [1.82, 2.24) is 9.88 Å². The Hall–Kier alpha value is -2.27. The quantitative estimate of drug-likeness (QED) is 0.764. The van der Waals surface area contributed by atoms with Crippen LogP contribution in [0, 0.1) is 13.8 Å². The van der Waals surface area contributed by atoms with Gasteiger partial charge in [0.15, 0.2) is 17.3 Å². The molecular weight excluding hydrogens is 328 g/mol. The van der Waals surface area contributed by atoms with Crippen LogP contribution in [-0.4, -0.2) is 31.1 Å². The number of nitrogens with zero attached hydrogens (tertiary/aromatic N) is 1. The summed E-state index contributed by atoms with van der Waals surface area (Å²) in [6.07, 6.45) is 0. The number of benzene rings is 1. The molecule has 0 spiro atoms. The molecule has 0 unspecified atom stereocenters. The van der Waals surface area contributed by atoms with Gasteiger partial charge in [0.1, 0.15) is 0 Å². The van der Waals surface area contributed by atoms with E-state index in [-0.39, 0.29) is 11.3 Å². The standard InChI is InChI=1S/C21H30N2O3/c1-14-10-17(15(2)23(14)21(3,4)5)18(24)13-22-12-16-8-9-19(25-6)20(11-16)26-7/h8-11,22H,12-13H2,1-7H3. The predicted octanol–water partition coefficient (Wildman–Crippen LogP) is 3.85. The van der Waals surface area contributed by atoms with E-state index in [4.69, 9.17) is 9.47 Å². The molecule has 1 aromatic carbocycles. The van der Waals surface area contributed by atoms with Crippen molar-refractivity contribution in [1.29, 1.82) is 0 Å². The summed E-state index contributed by atoms with van der Waals surface area (Å²) in [5.41, 5.74) is 3.92. The first-order chi connectivity index (χ1) is 12.2. The maximum atomic E-state index is 12.7. The number of hydrogen-bond acceptors (Lipinski definition) is 4. The van der Waals surface area contributed by atoms with E-state index in [9.17, 15) is 4.79 Å². The molecule has 0 bridgehead atoms. The lowest BCUT2D eigenvalue weighted by Gasteiger charge is -2.25. The first-order valence-corrected chi connectivity index (χ1v) is 8.83. The van der Waals surface area contributed by atoms with Crippen LogP contribution in [0.15, 0.2) is 24.3 Å². The molecule has 2 aromatic rings. The lowest BCUT2D eigenvalue weighted by atomic mass is 10.1. The predicted molar refractivity (Wildman–Crippen MR) is 104 cm³/mol. The smallest absolute Gasteiger partial charge is 0.178 e. The Morgan fingerprint density at radius 1 is 1.08 bits per heavy atom. The number of hydrogen-bond donors (Lipinski definition) is 1. The second-order valence-corrected chi connectivity index (χ2v) is 7.51. The topological polar surface area (TPSA) is 52.5 Å². The number of nitrogens with one attached hydrogen (secondary N) is 1. The second-order valence-electron chi connectivity index (χ2n) is 7.51. The van der Waals surface area contributed by atoms with Crippen LogP contribution in [0.25, 0.3) is 0 Å². The summed E-state index contributed by atoms with van der Waals surface area (Å²) in [6, 6.07) is 7.74. The van der Waals surface area contributed by atoms with Crippen LogP contribution in [0.1, 0.15) is 48.1 Å². The summed E-state index contributed by atoms with van der Waals surface area (Å²) in [5, 5.41) is 3.23. The number of ether oxygens (including phenoxy) is 2. The molecule has 0 saturated carbocycles. The number of ketones is 1. The summed E-state index contributed by atoms with van der Waals surface area (Å²) in [6.45, 7) is 11.4. The van der Waals surface area contributed by atoms with E-state index >= 15 is 0 Å². The summed E-state index contributed by atoms with van der Waals surface area (Å²) in [4.78, 5) is 12.7. The molecule has 0 aliphatic carbocycles. The van der Waals surface area contributed by atoms with Gasteiger partial charge in [0, 0.05) is 29.0 Å². The molecule has 2 rings (SSSR count). The highest BCUT2D eigenvalue weighted by Crippen LogP contribution is 2.27. The van der Waals surface area contributed by atoms with Gasteiger partial charge in [-0.3, -0.25) is 4.79 Å². The summed E-state index contributed by atoms with van der Waals surface area (Å²) in [7, 11) is 3.23. The van der Waals surface area contributed by atoms with E-state index in [2.05, 4.69) is 30.7 Å². The minimum absolute atomic E-state index is 0.0419. The van der Waals surface area contributed by atoms with Crippen LogP contribution in [0.5, 0.6) is 11.5 Å². The van der Waals surface area contributed by atoms with E-state index in [1.807, 2.05) is 38.1 Å². The minimum atomic E-state index is -0.0419. The van der Waals surface area contributed by atoms with Gasteiger partial charge in [-0.25, -0.2) is 0 Å². The maximum Gasteiger partial charge on any atom is 0.178 e. The van der Waals surface area contributed by atoms with Crippen LogP contribution in [0.3, 0.4) is 0 Å². The molecule has 0 saturated heterocycles. The average Bonchev–Trinajstić information content (AvgIpc) is 2.89. The van der Waals surface area contributed by atoms with Crippen molar-refractivity contribution in [3.63, 3.8) is 0 Å². The molecule has 1 heterocycles. The van der Waals surface area contributed by atoms with Crippen molar-refractivity contribution in [3.8, 4) is 11.5 Å². The number of carbonyl (C=O) groups is 1. The fourth-order valence-corrected chi connectivity index (χ4v) is 3.48. The lowest BCUT2D eigenvalue weighted by Crippen LogP contribution is -2.26. The van der Waals surface area contributed by atoms with Crippen molar-refractivity contribution >= 4 is 5.78 Å². The minimum Gasteiger partial charge on any atom is -0.493 e. The van der Waals surface area contributed by atoms with Gasteiger partial charge in [-0.1, -0.05) is 6.07 Å². The van der Waals surface area contributed by atoms with E-state index in [1.165, 1.54) is 0 Å². The molecule has 1 aromatic heterocycles. The van der Waals surface area contributed by atoms with Crippen LogP contribution in [0.2, 0.25) is 0 Å². The summed E-state index contributed by atoms with van der Waals surface area (Å²) in [5.74, 6) is 1.49. The van der Waals surface area contributed by atoms with Crippen LogP contribution >= 0.6 is 0 Å². The first-order valence-electron chi connectivity index (χ1n) is 8.83. The molecule has 0 radical (unpaired) electrons. The van der Waals surface area contributed by atoms with Crippen LogP contribution in [0.4, 0.5) is 0 Å². The van der Waals surface area contributed by atoms with Crippen molar-refractivity contribution in [3.05, 3.63) is 46.8 Å². The lowest BCUT2D eigenvalue weighted by molar-refractivity contribution is 0.0990. The van der Waals surface area contributed by atoms with Crippen LogP contribution < -0.4 is 14.8 Å². The normalized spacial score (nSPS) is 11.5. The third-order valence-corrected chi connectivity index (χ3v) is 4.46. The molecule has 0 aliphatic rings. The third-order valence-electron chi connectivity index (χ3n) is 4.46. The van der Waals surface area contributed by atoms with Crippen LogP contribution in [-0.2, 0) is 12.1 Å². The second kappa shape index (κ2) is 7.96.